The highest BCUT2D eigenvalue weighted by atomic mass is 35.5. The van der Waals surface area contributed by atoms with Crippen LogP contribution in [0, 0.1) is 5.92 Å². The van der Waals surface area contributed by atoms with E-state index in [1.54, 1.807) is 22.9 Å². The largest absolute Gasteiger partial charge is 0.383 e. The molecule has 1 heterocycles. The van der Waals surface area contributed by atoms with Crippen LogP contribution in [0.2, 0.25) is 10.0 Å². The number of rotatable bonds is 5. The summed E-state index contributed by atoms with van der Waals surface area (Å²) in [5.41, 5.74) is 5.06. The van der Waals surface area contributed by atoms with Gasteiger partial charge in [-0.2, -0.15) is 5.10 Å². The standard InChI is InChI=1S/C13H16Cl2N4O/c1-9(5-16)13(20,6-19-8-17-7-18-19)11-3-2-10(14)4-12(11)15/h2-4,7-9,20H,5-6,16H2,1H3. The molecule has 0 saturated carbocycles. The van der Waals surface area contributed by atoms with E-state index in [9.17, 15) is 5.11 Å². The van der Waals surface area contributed by atoms with Crippen LogP contribution in [0.1, 0.15) is 12.5 Å². The van der Waals surface area contributed by atoms with E-state index < -0.39 is 5.60 Å². The second kappa shape index (κ2) is 6.10. The van der Waals surface area contributed by atoms with Crippen LogP contribution in [0.5, 0.6) is 0 Å². The molecule has 3 N–H and O–H groups in total. The molecule has 5 nitrogen and oxygen atoms in total. The summed E-state index contributed by atoms with van der Waals surface area (Å²) in [7, 11) is 0. The highest BCUT2D eigenvalue weighted by Gasteiger charge is 2.37. The quantitative estimate of drug-likeness (QED) is 0.885. The second-order valence-corrected chi connectivity index (χ2v) is 5.62. The molecule has 0 fully saturated rings. The van der Waals surface area contributed by atoms with Gasteiger partial charge in [0.2, 0.25) is 0 Å². The Labute approximate surface area is 127 Å². The number of aliphatic hydroxyl groups is 1. The Morgan fingerprint density at radius 2 is 2.20 bits per heavy atom. The van der Waals surface area contributed by atoms with Gasteiger partial charge < -0.3 is 10.8 Å². The fourth-order valence-electron chi connectivity index (χ4n) is 2.10. The van der Waals surface area contributed by atoms with E-state index in [0.717, 1.165) is 0 Å². The molecule has 0 bridgehead atoms. The monoisotopic (exact) mass is 314 g/mol. The summed E-state index contributed by atoms with van der Waals surface area (Å²) in [6.07, 6.45) is 2.95. The van der Waals surface area contributed by atoms with Crippen LogP contribution in [-0.4, -0.2) is 26.4 Å². The Morgan fingerprint density at radius 1 is 1.45 bits per heavy atom. The zero-order valence-electron chi connectivity index (χ0n) is 11.0. The molecule has 2 atom stereocenters. The number of nitrogens with zero attached hydrogens (tertiary/aromatic N) is 3. The lowest BCUT2D eigenvalue weighted by Crippen LogP contribution is -2.42. The molecule has 2 aromatic rings. The average Bonchev–Trinajstić information content (AvgIpc) is 2.90. The summed E-state index contributed by atoms with van der Waals surface area (Å²) in [6.45, 7) is 2.39. The maximum absolute atomic E-state index is 11.1. The van der Waals surface area contributed by atoms with Gasteiger partial charge in [0.15, 0.2) is 0 Å². The lowest BCUT2D eigenvalue weighted by molar-refractivity contribution is -0.0327. The van der Waals surface area contributed by atoms with E-state index in [2.05, 4.69) is 10.1 Å². The van der Waals surface area contributed by atoms with E-state index in [1.165, 1.54) is 12.7 Å². The third-order valence-electron chi connectivity index (χ3n) is 3.44. The van der Waals surface area contributed by atoms with Crippen molar-refractivity contribution in [1.29, 1.82) is 0 Å². The van der Waals surface area contributed by atoms with Crippen molar-refractivity contribution in [1.82, 2.24) is 14.8 Å². The van der Waals surface area contributed by atoms with Crippen LogP contribution in [0.3, 0.4) is 0 Å². The SMILES string of the molecule is CC(CN)C(O)(Cn1cncn1)c1ccc(Cl)cc1Cl. The van der Waals surface area contributed by atoms with Crippen molar-refractivity contribution in [2.24, 2.45) is 11.7 Å². The Balaban J connectivity index is 2.45. The fraction of sp³-hybridized carbons (Fsp3) is 0.385. The molecule has 1 aromatic heterocycles. The van der Waals surface area contributed by atoms with Gasteiger partial charge in [0.05, 0.1) is 6.54 Å². The van der Waals surface area contributed by atoms with Crippen LogP contribution in [0.15, 0.2) is 30.9 Å². The van der Waals surface area contributed by atoms with Gasteiger partial charge in [0, 0.05) is 21.5 Å². The van der Waals surface area contributed by atoms with Gasteiger partial charge in [-0.05, 0) is 18.7 Å². The molecule has 7 heteroatoms. The van der Waals surface area contributed by atoms with Gasteiger partial charge in [-0.15, -0.1) is 0 Å². The number of nitrogens with two attached hydrogens (primary N) is 1. The Kier molecular flexibility index (Phi) is 4.65. The molecule has 108 valence electrons. The van der Waals surface area contributed by atoms with Crippen molar-refractivity contribution in [3.8, 4) is 0 Å². The van der Waals surface area contributed by atoms with Gasteiger partial charge in [-0.25, -0.2) is 9.67 Å². The van der Waals surface area contributed by atoms with Crippen LogP contribution in [0.4, 0.5) is 0 Å². The molecule has 2 unspecified atom stereocenters. The molecule has 0 spiro atoms. The van der Waals surface area contributed by atoms with Crippen LogP contribution in [-0.2, 0) is 12.1 Å². The molecule has 0 aliphatic heterocycles. The first-order valence-electron chi connectivity index (χ1n) is 6.17. The number of hydrogen-bond acceptors (Lipinski definition) is 4. The van der Waals surface area contributed by atoms with Gasteiger partial charge in [0.1, 0.15) is 18.3 Å². The third kappa shape index (κ3) is 2.96. The van der Waals surface area contributed by atoms with Crippen molar-refractivity contribution in [2.75, 3.05) is 6.54 Å². The molecule has 20 heavy (non-hydrogen) atoms. The predicted molar refractivity (Wildman–Crippen MR) is 78.6 cm³/mol. The number of hydrogen-bond donors (Lipinski definition) is 2. The van der Waals surface area contributed by atoms with Crippen LogP contribution in [0.25, 0.3) is 0 Å². The van der Waals surface area contributed by atoms with E-state index in [1.807, 2.05) is 6.92 Å². The summed E-state index contributed by atoms with van der Waals surface area (Å²) in [6, 6.07) is 5.01. The minimum atomic E-state index is -1.25. The summed E-state index contributed by atoms with van der Waals surface area (Å²) in [5.74, 6) is -0.217. The van der Waals surface area contributed by atoms with Crippen LogP contribution >= 0.6 is 23.2 Å². The zero-order chi connectivity index (χ0) is 14.8. The summed E-state index contributed by atoms with van der Waals surface area (Å²) in [4.78, 5) is 3.88. The molecule has 0 saturated heterocycles. The molecule has 1 aromatic carbocycles. The van der Waals surface area contributed by atoms with Gasteiger partial charge >= 0.3 is 0 Å². The summed E-state index contributed by atoms with van der Waals surface area (Å²) < 4.78 is 1.55. The molecular weight excluding hydrogens is 299 g/mol. The van der Waals surface area contributed by atoms with Crippen molar-refractivity contribution in [3.05, 3.63) is 46.5 Å². The van der Waals surface area contributed by atoms with Gasteiger partial charge in [-0.3, -0.25) is 0 Å². The maximum atomic E-state index is 11.1. The normalized spacial score (nSPS) is 15.8. The highest BCUT2D eigenvalue weighted by molar-refractivity contribution is 6.35. The topological polar surface area (TPSA) is 77.0 Å². The summed E-state index contributed by atoms with van der Waals surface area (Å²) >= 11 is 12.1. The minimum absolute atomic E-state index is 0.215. The lowest BCUT2D eigenvalue weighted by Gasteiger charge is -2.34. The maximum Gasteiger partial charge on any atom is 0.137 e. The predicted octanol–water partition coefficient (Wildman–Crippen LogP) is 2.07. The molecule has 2 rings (SSSR count). The first kappa shape index (κ1) is 15.3. The Bertz CT molecular complexity index is 576. The first-order chi connectivity index (χ1) is 9.47. The van der Waals surface area contributed by atoms with Crippen molar-refractivity contribution < 1.29 is 5.11 Å². The fourth-order valence-corrected chi connectivity index (χ4v) is 2.68. The van der Waals surface area contributed by atoms with Crippen LogP contribution < -0.4 is 5.73 Å². The highest BCUT2D eigenvalue weighted by Crippen LogP contribution is 2.36. The number of benzene rings is 1. The van der Waals surface area contributed by atoms with Crippen molar-refractivity contribution in [3.63, 3.8) is 0 Å². The average molecular weight is 315 g/mol. The Morgan fingerprint density at radius 3 is 2.75 bits per heavy atom. The second-order valence-electron chi connectivity index (χ2n) is 4.78. The Hall–Kier alpha value is -1.14. The van der Waals surface area contributed by atoms with Gasteiger partial charge in [-0.1, -0.05) is 36.2 Å². The van der Waals surface area contributed by atoms with Crippen molar-refractivity contribution >= 4 is 23.2 Å². The molecule has 0 aliphatic rings. The molecule has 0 aliphatic carbocycles. The smallest absolute Gasteiger partial charge is 0.137 e. The lowest BCUT2D eigenvalue weighted by atomic mass is 9.82. The first-order valence-corrected chi connectivity index (χ1v) is 6.93. The summed E-state index contributed by atoms with van der Waals surface area (Å²) in [5, 5.41) is 16.0. The molecular formula is C13H16Cl2N4O. The minimum Gasteiger partial charge on any atom is -0.383 e. The molecule has 0 radical (unpaired) electrons. The third-order valence-corrected chi connectivity index (χ3v) is 3.98. The van der Waals surface area contributed by atoms with Crippen molar-refractivity contribution in [2.45, 2.75) is 19.1 Å². The number of halogens is 2. The van der Waals surface area contributed by atoms with E-state index in [-0.39, 0.29) is 12.5 Å². The number of aromatic nitrogens is 3. The van der Waals surface area contributed by atoms with E-state index in [0.29, 0.717) is 22.2 Å². The van der Waals surface area contributed by atoms with E-state index in [4.69, 9.17) is 28.9 Å². The zero-order valence-corrected chi connectivity index (χ0v) is 12.5. The molecule has 0 amide bonds. The van der Waals surface area contributed by atoms with E-state index >= 15 is 0 Å². The van der Waals surface area contributed by atoms with Gasteiger partial charge in [0.25, 0.3) is 0 Å².